The van der Waals surface area contributed by atoms with Gasteiger partial charge in [-0.3, -0.25) is 0 Å². The average molecular weight is 403 g/mol. The summed E-state index contributed by atoms with van der Waals surface area (Å²) in [4.78, 5) is 0.00507. The monoisotopic (exact) mass is 403 g/mol. The van der Waals surface area contributed by atoms with Crippen molar-refractivity contribution in [3.63, 3.8) is 0 Å². The summed E-state index contributed by atoms with van der Waals surface area (Å²) in [5, 5.41) is 0. The van der Waals surface area contributed by atoms with Crippen LogP contribution in [0.15, 0.2) is 47.4 Å². The van der Waals surface area contributed by atoms with Crippen LogP contribution in [0.3, 0.4) is 0 Å². The Balaban J connectivity index is 2.15. The second-order valence-corrected chi connectivity index (χ2v) is 8.66. The molecule has 0 atom stereocenters. The minimum atomic E-state index is -4.66. The third-order valence-corrected chi connectivity index (χ3v) is 6.08. The van der Waals surface area contributed by atoms with Gasteiger partial charge in [-0.1, -0.05) is 39.0 Å². The summed E-state index contributed by atoms with van der Waals surface area (Å²) >= 11 is 0. The number of hydrogen-bond donors (Lipinski definition) is 1. The van der Waals surface area contributed by atoms with E-state index in [0.29, 0.717) is 12.1 Å². The molecule has 0 aliphatic heterocycles. The zero-order chi connectivity index (χ0) is 20.5. The van der Waals surface area contributed by atoms with E-state index in [1.54, 1.807) is 12.1 Å². The number of alkyl halides is 3. The van der Waals surface area contributed by atoms with Crippen molar-refractivity contribution in [1.82, 2.24) is 4.72 Å². The normalized spacial score (nSPS) is 13.0. The molecule has 0 unspecified atom stereocenters. The largest absolute Gasteiger partial charge is 0.416 e. The molecule has 0 saturated heterocycles. The summed E-state index contributed by atoms with van der Waals surface area (Å²) < 4.78 is 78.5. The molecule has 2 aromatic carbocycles. The highest BCUT2D eigenvalue weighted by atomic mass is 32.2. The first kappa shape index (κ1) is 21.4. The van der Waals surface area contributed by atoms with Gasteiger partial charge in [0.2, 0.25) is 10.0 Å². The van der Waals surface area contributed by atoms with E-state index in [9.17, 15) is 26.0 Å². The van der Waals surface area contributed by atoms with Crippen molar-refractivity contribution in [2.45, 2.75) is 50.2 Å². The number of halogens is 4. The molecule has 0 aliphatic carbocycles. The van der Waals surface area contributed by atoms with Gasteiger partial charge in [-0.05, 0) is 41.7 Å². The van der Waals surface area contributed by atoms with Crippen LogP contribution >= 0.6 is 0 Å². The van der Waals surface area contributed by atoms with E-state index >= 15 is 0 Å². The molecule has 148 valence electrons. The molecule has 0 saturated carbocycles. The zero-order valence-corrected chi connectivity index (χ0v) is 16.0. The standard InChI is InChI=1S/C19H21F4NO2S/c1-4-18(2,3)14-7-9-16(10-8-14)27(25,26)24-12-13-5-6-15(11-17(13)20)19(21,22)23/h5-11,24H,4,12H2,1-3H3. The summed E-state index contributed by atoms with van der Waals surface area (Å²) in [7, 11) is -3.92. The number of rotatable bonds is 6. The Hall–Kier alpha value is -1.93. The average Bonchev–Trinajstić information content (AvgIpc) is 2.60. The highest BCUT2D eigenvalue weighted by Gasteiger charge is 2.31. The van der Waals surface area contributed by atoms with Crippen LogP contribution in [-0.4, -0.2) is 8.42 Å². The van der Waals surface area contributed by atoms with Crippen LogP contribution in [0.5, 0.6) is 0 Å². The minimum Gasteiger partial charge on any atom is -0.207 e. The molecule has 1 N–H and O–H groups in total. The quantitative estimate of drug-likeness (QED) is 0.689. The predicted molar refractivity (Wildman–Crippen MR) is 95.2 cm³/mol. The third kappa shape index (κ3) is 5.07. The van der Waals surface area contributed by atoms with Crippen molar-refractivity contribution in [3.05, 3.63) is 65.0 Å². The Kier molecular flexibility index (Phi) is 6.01. The van der Waals surface area contributed by atoms with Gasteiger partial charge in [0.1, 0.15) is 5.82 Å². The van der Waals surface area contributed by atoms with E-state index in [-0.39, 0.29) is 15.9 Å². The summed E-state index contributed by atoms with van der Waals surface area (Å²) in [5.41, 5.74) is -0.409. The maximum Gasteiger partial charge on any atom is 0.416 e. The molecule has 2 rings (SSSR count). The second-order valence-electron chi connectivity index (χ2n) is 6.89. The topological polar surface area (TPSA) is 46.2 Å². The van der Waals surface area contributed by atoms with Gasteiger partial charge in [0.25, 0.3) is 0 Å². The SMILES string of the molecule is CCC(C)(C)c1ccc(S(=O)(=O)NCc2ccc(C(F)(F)F)cc2F)cc1. The molecule has 0 radical (unpaired) electrons. The van der Waals surface area contributed by atoms with Crippen LogP contribution in [0.4, 0.5) is 17.6 Å². The van der Waals surface area contributed by atoms with Crippen molar-refractivity contribution < 1.29 is 26.0 Å². The van der Waals surface area contributed by atoms with Crippen LogP contribution in [0, 0.1) is 5.82 Å². The van der Waals surface area contributed by atoms with Crippen molar-refractivity contribution in [3.8, 4) is 0 Å². The molecule has 0 amide bonds. The van der Waals surface area contributed by atoms with Crippen molar-refractivity contribution in [2.24, 2.45) is 0 Å². The van der Waals surface area contributed by atoms with Gasteiger partial charge in [0, 0.05) is 12.1 Å². The van der Waals surface area contributed by atoms with E-state index < -0.39 is 34.1 Å². The Bertz CT molecular complexity index is 904. The molecule has 2 aromatic rings. The van der Waals surface area contributed by atoms with Crippen molar-refractivity contribution in [1.29, 1.82) is 0 Å². The lowest BCUT2D eigenvalue weighted by Crippen LogP contribution is -2.24. The van der Waals surface area contributed by atoms with Gasteiger partial charge in [-0.15, -0.1) is 0 Å². The Morgan fingerprint density at radius 2 is 1.52 bits per heavy atom. The van der Waals surface area contributed by atoms with Gasteiger partial charge in [-0.25, -0.2) is 17.5 Å². The van der Waals surface area contributed by atoms with E-state index in [4.69, 9.17) is 0 Å². The first-order valence-electron chi connectivity index (χ1n) is 8.32. The zero-order valence-electron chi connectivity index (χ0n) is 15.2. The Labute approximate surface area is 156 Å². The Morgan fingerprint density at radius 3 is 2.00 bits per heavy atom. The van der Waals surface area contributed by atoms with Crippen LogP contribution in [0.2, 0.25) is 0 Å². The number of nitrogens with one attached hydrogen (secondary N) is 1. The van der Waals surface area contributed by atoms with Gasteiger partial charge in [0.15, 0.2) is 0 Å². The van der Waals surface area contributed by atoms with Crippen LogP contribution in [0.1, 0.15) is 43.9 Å². The minimum absolute atomic E-state index is 0.00507. The van der Waals surface area contributed by atoms with E-state index in [2.05, 4.69) is 4.72 Å². The molecule has 3 nitrogen and oxygen atoms in total. The fourth-order valence-electron chi connectivity index (χ4n) is 2.41. The molecule has 0 fully saturated rings. The smallest absolute Gasteiger partial charge is 0.207 e. The van der Waals surface area contributed by atoms with Gasteiger partial charge in [0.05, 0.1) is 10.5 Å². The Morgan fingerprint density at radius 1 is 0.963 bits per heavy atom. The van der Waals surface area contributed by atoms with Crippen molar-refractivity contribution >= 4 is 10.0 Å². The van der Waals surface area contributed by atoms with Gasteiger partial charge in [-0.2, -0.15) is 13.2 Å². The number of hydrogen-bond acceptors (Lipinski definition) is 2. The van der Waals surface area contributed by atoms with E-state index in [0.717, 1.165) is 18.1 Å². The number of benzene rings is 2. The summed E-state index contributed by atoms with van der Waals surface area (Å²) in [6, 6.07) is 8.34. The maximum absolute atomic E-state index is 13.8. The molecule has 0 bridgehead atoms. The summed E-state index contributed by atoms with van der Waals surface area (Å²) in [6.07, 6.45) is -3.78. The van der Waals surface area contributed by atoms with Crippen LogP contribution in [-0.2, 0) is 28.2 Å². The molecular formula is C19H21F4NO2S. The first-order valence-corrected chi connectivity index (χ1v) is 9.81. The fourth-order valence-corrected chi connectivity index (χ4v) is 3.42. The van der Waals surface area contributed by atoms with Crippen LogP contribution in [0.25, 0.3) is 0 Å². The molecule has 8 heteroatoms. The maximum atomic E-state index is 13.8. The van der Waals surface area contributed by atoms with Gasteiger partial charge >= 0.3 is 6.18 Å². The molecule has 0 aromatic heterocycles. The lowest BCUT2D eigenvalue weighted by molar-refractivity contribution is -0.137. The van der Waals surface area contributed by atoms with Crippen molar-refractivity contribution in [2.75, 3.05) is 0 Å². The number of sulfonamides is 1. The van der Waals surface area contributed by atoms with Crippen LogP contribution < -0.4 is 4.72 Å². The molecular weight excluding hydrogens is 382 g/mol. The van der Waals surface area contributed by atoms with E-state index in [1.165, 1.54) is 12.1 Å². The first-order chi connectivity index (χ1) is 12.4. The highest BCUT2D eigenvalue weighted by molar-refractivity contribution is 7.89. The fraction of sp³-hybridized carbons (Fsp3) is 0.368. The summed E-state index contributed by atoms with van der Waals surface area (Å²) in [5.74, 6) is -1.12. The molecule has 0 aliphatic rings. The summed E-state index contributed by atoms with van der Waals surface area (Å²) in [6.45, 7) is 5.67. The predicted octanol–water partition coefficient (Wildman–Crippen LogP) is 5.01. The third-order valence-electron chi connectivity index (χ3n) is 4.66. The second kappa shape index (κ2) is 7.59. The lowest BCUT2D eigenvalue weighted by Gasteiger charge is -2.23. The van der Waals surface area contributed by atoms with E-state index in [1.807, 2.05) is 20.8 Å². The lowest BCUT2D eigenvalue weighted by atomic mass is 9.82. The molecule has 0 spiro atoms. The van der Waals surface area contributed by atoms with Gasteiger partial charge < -0.3 is 0 Å². The molecule has 27 heavy (non-hydrogen) atoms. The highest BCUT2D eigenvalue weighted by Crippen LogP contribution is 2.30. The molecule has 0 heterocycles.